The lowest BCUT2D eigenvalue weighted by molar-refractivity contribution is 0.0472. The second-order valence-corrected chi connectivity index (χ2v) is 6.56. The SMILES string of the molecule is C=C[C@H]1[C@@H](O)[C@H](O)CN1S(=O)(=O)c1ccc(C)cc1. The molecular weight excluding hydrogens is 266 g/mol. The van der Waals surface area contributed by atoms with Crippen molar-refractivity contribution in [2.45, 2.75) is 30.1 Å². The average Bonchev–Trinajstić information content (AvgIpc) is 2.66. The Labute approximate surface area is 112 Å². The van der Waals surface area contributed by atoms with Gasteiger partial charge in [0.05, 0.1) is 17.0 Å². The number of β-amino-alcohol motifs (C(OH)–C–C–N with tert-alkyl or cyclic N) is 1. The normalized spacial score (nSPS) is 28.5. The quantitative estimate of drug-likeness (QED) is 0.781. The number of sulfonamides is 1. The molecule has 1 saturated heterocycles. The second-order valence-electron chi connectivity index (χ2n) is 4.67. The first-order valence-corrected chi connectivity index (χ1v) is 7.39. The summed E-state index contributed by atoms with van der Waals surface area (Å²) in [7, 11) is -3.74. The molecule has 0 radical (unpaired) electrons. The van der Waals surface area contributed by atoms with Gasteiger partial charge in [-0.3, -0.25) is 0 Å². The molecule has 0 saturated carbocycles. The molecular formula is C13H17NO4S. The van der Waals surface area contributed by atoms with Crippen molar-refractivity contribution in [2.24, 2.45) is 0 Å². The lowest BCUT2D eigenvalue weighted by atomic mass is 10.1. The Morgan fingerprint density at radius 1 is 1.32 bits per heavy atom. The van der Waals surface area contributed by atoms with Crippen LogP contribution in [0.1, 0.15) is 5.56 Å². The number of hydrogen-bond donors (Lipinski definition) is 2. The summed E-state index contributed by atoms with van der Waals surface area (Å²) in [5.74, 6) is 0. The van der Waals surface area contributed by atoms with Crippen molar-refractivity contribution < 1.29 is 18.6 Å². The zero-order valence-corrected chi connectivity index (χ0v) is 11.4. The fourth-order valence-electron chi connectivity index (χ4n) is 2.17. The van der Waals surface area contributed by atoms with E-state index >= 15 is 0 Å². The van der Waals surface area contributed by atoms with Crippen molar-refractivity contribution in [1.29, 1.82) is 0 Å². The van der Waals surface area contributed by atoms with Crippen LogP contribution in [0, 0.1) is 6.92 Å². The molecule has 0 bridgehead atoms. The molecule has 104 valence electrons. The van der Waals surface area contributed by atoms with Gasteiger partial charge in [-0.15, -0.1) is 6.58 Å². The van der Waals surface area contributed by atoms with Gasteiger partial charge in [0, 0.05) is 6.54 Å². The Bertz CT molecular complexity index is 567. The molecule has 1 aromatic carbocycles. The third-order valence-electron chi connectivity index (χ3n) is 3.31. The summed E-state index contributed by atoms with van der Waals surface area (Å²) in [4.78, 5) is 0.145. The van der Waals surface area contributed by atoms with Crippen LogP contribution in [-0.4, -0.2) is 47.7 Å². The van der Waals surface area contributed by atoms with Gasteiger partial charge in [0.15, 0.2) is 0 Å². The van der Waals surface area contributed by atoms with Crippen LogP contribution in [0.5, 0.6) is 0 Å². The summed E-state index contributed by atoms with van der Waals surface area (Å²) in [6, 6.07) is 5.64. The number of aryl methyl sites for hydroxylation is 1. The molecule has 2 N–H and O–H groups in total. The second kappa shape index (κ2) is 5.05. The first-order chi connectivity index (χ1) is 8.87. The van der Waals surface area contributed by atoms with Crippen molar-refractivity contribution in [3.05, 3.63) is 42.5 Å². The van der Waals surface area contributed by atoms with Crippen molar-refractivity contribution in [2.75, 3.05) is 6.54 Å². The van der Waals surface area contributed by atoms with Crippen LogP contribution < -0.4 is 0 Å². The number of benzene rings is 1. The molecule has 1 aliphatic rings. The zero-order chi connectivity index (χ0) is 14.2. The zero-order valence-electron chi connectivity index (χ0n) is 10.6. The number of rotatable bonds is 3. The van der Waals surface area contributed by atoms with E-state index in [1.165, 1.54) is 18.2 Å². The Morgan fingerprint density at radius 3 is 2.42 bits per heavy atom. The van der Waals surface area contributed by atoms with Gasteiger partial charge in [0.2, 0.25) is 10.0 Å². The van der Waals surface area contributed by atoms with Crippen LogP contribution in [0.15, 0.2) is 41.8 Å². The molecule has 0 aromatic heterocycles. The van der Waals surface area contributed by atoms with E-state index in [0.717, 1.165) is 9.87 Å². The van der Waals surface area contributed by atoms with Gasteiger partial charge in [-0.25, -0.2) is 8.42 Å². The highest BCUT2D eigenvalue weighted by atomic mass is 32.2. The lowest BCUT2D eigenvalue weighted by Gasteiger charge is -2.22. The molecule has 1 heterocycles. The molecule has 6 heteroatoms. The topological polar surface area (TPSA) is 77.8 Å². The standard InChI is InChI=1S/C13H17NO4S/c1-3-11-13(16)12(15)8-14(11)19(17,18)10-6-4-9(2)5-7-10/h3-7,11-13,15-16H,1,8H2,2H3/t11-,12+,13+/m0/s1. The van der Waals surface area contributed by atoms with Crippen molar-refractivity contribution in [3.63, 3.8) is 0 Å². The predicted molar refractivity (Wildman–Crippen MR) is 71.1 cm³/mol. The van der Waals surface area contributed by atoms with E-state index in [1.807, 2.05) is 6.92 Å². The van der Waals surface area contributed by atoms with E-state index in [-0.39, 0.29) is 11.4 Å². The lowest BCUT2D eigenvalue weighted by Crippen LogP contribution is -2.38. The highest BCUT2D eigenvalue weighted by molar-refractivity contribution is 7.89. The first-order valence-electron chi connectivity index (χ1n) is 5.95. The monoisotopic (exact) mass is 283 g/mol. The maximum absolute atomic E-state index is 12.5. The third-order valence-corrected chi connectivity index (χ3v) is 5.19. The van der Waals surface area contributed by atoms with Crippen LogP contribution in [-0.2, 0) is 10.0 Å². The molecule has 1 fully saturated rings. The predicted octanol–water partition coefficient (Wildman–Crippen LogP) is 0.276. The minimum atomic E-state index is -3.74. The van der Waals surface area contributed by atoms with Gasteiger partial charge in [0.25, 0.3) is 0 Å². The number of aliphatic hydroxyl groups excluding tert-OH is 2. The summed E-state index contributed by atoms with van der Waals surface area (Å²) in [5, 5.41) is 19.4. The van der Waals surface area contributed by atoms with Crippen LogP contribution in [0.3, 0.4) is 0 Å². The maximum Gasteiger partial charge on any atom is 0.243 e. The summed E-state index contributed by atoms with van der Waals surface area (Å²) >= 11 is 0. The summed E-state index contributed by atoms with van der Waals surface area (Å²) < 4.78 is 26.0. The van der Waals surface area contributed by atoms with Gasteiger partial charge in [-0.05, 0) is 19.1 Å². The molecule has 0 aliphatic carbocycles. The Balaban J connectivity index is 2.39. The van der Waals surface area contributed by atoms with Crippen LogP contribution >= 0.6 is 0 Å². The molecule has 5 nitrogen and oxygen atoms in total. The van der Waals surface area contributed by atoms with Crippen LogP contribution in [0.2, 0.25) is 0 Å². The Kier molecular flexibility index (Phi) is 3.78. The molecule has 0 unspecified atom stereocenters. The van der Waals surface area contributed by atoms with E-state index in [0.29, 0.717) is 0 Å². The van der Waals surface area contributed by atoms with E-state index < -0.39 is 28.3 Å². The molecule has 1 aliphatic heterocycles. The summed E-state index contributed by atoms with van der Waals surface area (Å²) in [6.07, 6.45) is -0.895. The molecule has 19 heavy (non-hydrogen) atoms. The third kappa shape index (κ3) is 2.44. The van der Waals surface area contributed by atoms with Gasteiger partial charge in [0.1, 0.15) is 6.10 Å². The maximum atomic E-state index is 12.5. The van der Waals surface area contributed by atoms with Gasteiger partial charge < -0.3 is 10.2 Å². The van der Waals surface area contributed by atoms with Gasteiger partial charge in [-0.2, -0.15) is 4.31 Å². The number of nitrogens with zero attached hydrogens (tertiary/aromatic N) is 1. The smallest absolute Gasteiger partial charge is 0.243 e. The Morgan fingerprint density at radius 2 is 1.89 bits per heavy atom. The number of aliphatic hydroxyl groups is 2. The number of hydrogen-bond acceptors (Lipinski definition) is 4. The molecule has 0 amide bonds. The highest BCUT2D eigenvalue weighted by Gasteiger charge is 2.44. The highest BCUT2D eigenvalue weighted by Crippen LogP contribution is 2.27. The summed E-state index contributed by atoms with van der Waals surface area (Å²) in [6.45, 7) is 5.26. The van der Waals surface area contributed by atoms with E-state index in [2.05, 4.69) is 6.58 Å². The van der Waals surface area contributed by atoms with Gasteiger partial charge >= 0.3 is 0 Å². The van der Waals surface area contributed by atoms with Crippen molar-refractivity contribution >= 4 is 10.0 Å². The van der Waals surface area contributed by atoms with E-state index in [4.69, 9.17) is 0 Å². The average molecular weight is 283 g/mol. The van der Waals surface area contributed by atoms with E-state index in [9.17, 15) is 18.6 Å². The fraction of sp³-hybridized carbons (Fsp3) is 0.385. The largest absolute Gasteiger partial charge is 0.389 e. The minimum Gasteiger partial charge on any atom is -0.389 e. The summed E-state index contributed by atoms with van der Waals surface area (Å²) in [5.41, 5.74) is 0.959. The Hall–Kier alpha value is -1.21. The van der Waals surface area contributed by atoms with Crippen LogP contribution in [0.4, 0.5) is 0 Å². The van der Waals surface area contributed by atoms with Gasteiger partial charge in [-0.1, -0.05) is 23.8 Å². The molecule has 2 rings (SSSR count). The van der Waals surface area contributed by atoms with Crippen molar-refractivity contribution in [3.8, 4) is 0 Å². The van der Waals surface area contributed by atoms with Crippen LogP contribution in [0.25, 0.3) is 0 Å². The van der Waals surface area contributed by atoms with E-state index in [1.54, 1.807) is 12.1 Å². The van der Waals surface area contributed by atoms with Crippen molar-refractivity contribution in [1.82, 2.24) is 4.31 Å². The minimum absolute atomic E-state index is 0.131. The first kappa shape index (κ1) is 14.2. The fourth-order valence-corrected chi connectivity index (χ4v) is 3.80. The molecule has 0 spiro atoms. The molecule has 1 aromatic rings. The molecule has 3 atom stereocenters.